The molecule has 1 aliphatic carbocycles. The molecule has 2 rings (SSSR count). The molecule has 1 atom stereocenters. The van der Waals surface area contributed by atoms with E-state index in [0.717, 1.165) is 0 Å². The molecule has 0 aromatic heterocycles. The van der Waals surface area contributed by atoms with Gasteiger partial charge < -0.3 is 4.74 Å². The van der Waals surface area contributed by atoms with Crippen molar-refractivity contribution in [2.75, 3.05) is 0 Å². The lowest BCUT2D eigenvalue weighted by Gasteiger charge is -2.30. The number of carbonyl (C=O) groups is 1. The average molecular weight is 180 g/mol. The van der Waals surface area contributed by atoms with Crippen LogP contribution in [0.2, 0.25) is 0 Å². The summed E-state index contributed by atoms with van der Waals surface area (Å²) in [5.74, 6) is 0.851. The molecule has 1 heterocycles. The van der Waals surface area contributed by atoms with Crippen molar-refractivity contribution in [3.63, 3.8) is 0 Å². The molecule has 0 unspecified atom stereocenters. The van der Waals surface area contributed by atoms with E-state index in [2.05, 4.69) is 0 Å². The lowest BCUT2D eigenvalue weighted by molar-refractivity contribution is -0.119. The maximum absolute atomic E-state index is 11.1. The van der Waals surface area contributed by atoms with E-state index >= 15 is 0 Å². The van der Waals surface area contributed by atoms with E-state index in [1.807, 2.05) is 0 Å². The minimum atomic E-state index is 0.179. The van der Waals surface area contributed by atoms with Crippen molar-refractivity contribution in [2.24, 2.45) is 5.92 Å². The molecule has 0 saturated heterocycles. The molecule has 0 bridgehead atoms. The molecule has 0 radical (unpaired) electrons. The average Bonchev–Trinajstić information content (AvgIpc) is 2.19. The van der Waals surface area contributed by atoms with Crippen LogP contribution in [0.25, 0.3) is 0 Å². The van der Waals surface area contributed by atoms with Gasteiger partial charge in [-0.1, -0.05) is 19.3 Å². The molecule has 0 aromatic carbocycles. The van der Waals surface area contributed by atoms with Crippen molar-refractivity contribution in [1.82, 2.24) is 0 Å². The molecule has 1 saturated carbocycles. The Hall–Kier alpha value is -0.790. The third kappa shape index (κ3) is 2.11. The van der Waals surface area contributed by atoms with Crippen LogP contribution in [0.3, 0.4) is 0 Å². The van der Waals surface area contributed by atoms with Crippen LogP contribution in [0, 0.1) is 5.92 Å². The van der Waals surface area contributed by atoms with E-state index in [4.69, 9.17) is 4.74 Å². The Labute approximate surface area is 79.0 Å². The van der Waals surface area contributed by atoms with Gasteiger partial charge in [-0.2, -0.15) is 0 Å². The Morgan fingerprint density at radius 2 is 2.00 bits per heavy atom. The number of ether oxygens (including phenoxy) is 1. The van der Waals surface area contributed by atoms with Crippen molar-refractivity contribution < 1.29 is 9.53 Å². The van der Waals surface area contributed by atoms with Crippen LogP contribution >= 0.6 is 0 Å². The number of hydrogen-bond donors (Lipinski definition) is 0. The van der Waals surface area contributed by atoms with Crippen LogP contribution in [0.1, 0.15) is 38.5 Å². The Balaban J connectivity index is 1.92. The highest BCUT2D eigenvalue weighted by Gasteiger charge is 2.27. The van der Waals surface area contributed by atoms with Gasteiger partial charge in [-0.3, -0.25) is 4.79 Å². The second-order valence-corrected chi connectivity index (χ2v) is 4.05. The van der Waals surface area contributed by atoms with E-state index in [9.17, 15) is 4.79 Å². The molecule has 2 nitrogen and oxygen atoms in total. The van der Waals surface area contributed by atoms with Crippen LogP contribution in [0.15, 0.2) is 12.3 Å². The molecular weight excluding hydrogens is 164 g/mol. The van der Waals surface area contributed by atoms with Crippen molar-refractivity contribution in [3.8, 4) is 0 Å². The number of hydrogen-bond acceptors (Lipinski definition) is 2. The third-order valence-corrected chi connectivity index (χ3v) is 3.09. The van der Waals surface area contributed by atoms with Gasteiger partial charge in [0.2, 0.25) is 0 Å². The molecule has 2 heteroatoms. The first kappa shape index (κ1) is 8.79. The normalized spacial score (nSPS) is 30.2. The van der Waals surface area contributed by atoms with E-state index in [0.29, 0.717) is 12.3 Å². The van der Waals surface area contributed by atoms with Gasteiger partial charge in [-0.15, -0.1) is 0 Å². The summed E-state index contributed by atoms with van der Waals surface area (Å²) < 4.78 is 5.49. The van der Waals surface area contributed by atoms with E-state index in [-0.39, 0.29) is 11.9 Å². The monoisotopic (exact) mass is 180 g/mol. The summed E-state index contributed by atoms with van der Waals surface area (Å²) in [7, 11) is 0. The maximum Gasteiger partial charge on any atom is 0.162 e. The van der Waals surface area contributed by atoms with Gasteiger partial charge in [0.15, 0.2) is 5.78 Å². The molecule has 1 fully saturated rings. The highest BCUT2D eigenvalue weighted by Crippen LogP contribution is 2.30. The van der Waals surface area contributed by atoms with Crippen LogP contribution in [0.5, 0.6) is 0 Å². The summed E-state index contributed by atoms with van der Waals surface area (Å²) in [6.07, 6.45) is 10.3. The van der Waals surface area contributed by atoms with Crippen LogP contribution in [-0.4, -0.2) is 11.9 Å². The summed E-state index contributed by atoms with van der Waals surface area (Å²) in [6, 6.07) is 0. The molecule has 0 spiro atoms. The Morgan fingerprint density at radius 1 is 1.23 bits per heavy atom. The lowest BCUT2D eigenvalue weighted by atomic mass is 9.83. The highest BCUT2D eigenvalue weighted by molar-refractivity contribution is 5.90. The van der Waals surface area contributed by atoms with Crippen LogP contribution in [-0.2, 0) is 9.53 Å². The largest absolute Gasteiger partial charge is 0.497 e. The second kappa shape index (κ2) is 3.95. The zero-order chi connectivity index (χ0) is 9.10. The van der Waals surface area contributed by atoms with Crippen LogP contribution in [0.4, 0.5) is 0 Å². The van der Waals surface area contributed by atoms with Gasteiger partial charge in [0.25, 0.3) is 0 Å². The zero-order valence-electron chi connectivity index (χ0n) is 7.87. The Kier molecular flexibility index (Phi) is 2.67. The molecule has 72 valence electrons. The van der Waals surface area contributed by atoms with Crippen molar-refractivity contribution in [2.45, 2.75) is 44.6 Å². The highest BCUT2D eigenvalue weighted by atomic mass is 16.5. The third-order valence-electron chi connectivity index (χ3n) is 3.09. The number of allylic oxidation sites excluding steroid dienone is 1. The van der Waals surface area contributed by atoms with Crippen molar-refractivity contribution >= 4 is 5.78 Å². The van der Waals surface area contributed by atoms with Crippen LogP contribution < -0.4 is 0 Å². The molecule has 0 amide bonds. The minimum absolute atomic E-state index is 0.179. The van der Waals surface area contributed by atoms with Gasteiger partial charge in [0.1, 0.15) is 6.10 Å². The van der Waals surface area contributed by atoms with E-state index in [1.54, 1.807) is 12.3 Å². The number of rotatable bonds is 1. The summed E-state index contributed by atoms with van der Waals surface area (Å²) in [5.41, 5.74) is 0. The summed E-state index contributed by atoms with van der Waals surface area (Å²) in [6.45, 7) is 0. The van der Waals surface area contributed by atoms with Gasteiger partial charge >= 0.3 is 0 Å². The molecule has 13 heavy (non-hydrogen) atoms. The number of ketones is 1. The first-order chi connectivity index (χ1) is 6.36. The Morgan fingerprint density at radius 3 is 2.69 bits per heavy atom. The smallest absolute Gasteiger partial charge is 0.162 e. The zero-order valence-corrected chi connectivity index (χ0v) is 7.87. The fourth-order valence-electron chi connectivity index (χ4n) is 2.31. The molecule has 0 aromatic rings. The quantitative estimate of drug-likeness (QED) is 0.619. The van der Waals surface area contributed by atoms with Gasteiger partial charge in [0.05, 0.1) is 6.26 Å². The van der Waals surface area contributed by atoms with Crippen molar-refractivity contribution in [1.29, 1.82) is 0 Å². The SMILES string of the molecule is O=C1C=CO[C@@H](C2CCCCC2)C1. The van der Waals surface area contributed by atoms with Gasteiger partial charge in [0, 0.05) is 12.5 Å². The van der Waals surface area contributed by atoms with E-state index < -0.39 is 0 Å². The second-order valence-electron chi connectivity index (χ2n) is 4.05. The molecule has 2 aliphatic rings. The molecule has 0 N–H and O–H groups in total. The summed E-state index contributed by atoms with van der Waals surface area (Å²) in [5, 5.41) is 0. The van der Waals surface area contributed by atoms with Gasteiger partial charge in [-0.25, -0.2) is 0 Å². The first-order valence-corrected chi connectivity index (χ1v) is 5.21. The summed E-state index contributed by atoms with van der Waals surface area (Å²) in [4.78, 5) is 11.1. The summed E-state index contributed by atoms with van der Waals surface area (Å²) >= 11 is 0. The topological polar surface area (TPSA) is 26.3 Å². The fraction of sp³-hybridized carbons (Fsp3) is 0.727. The Bertz CT molecular complexity index is 214. The minimum Gasteiger partial charge on any atom is -0.497 e. The van der Waals surface area contributed by atoms with Crippen molar-refractivity contribution in [3.05, 3.63) is 12.3 Å². The standard InChI is InChI=1S/C11H16O2/c12-10-6-7-13-11(8-10)9-4-2-1-3-5-9/h6-7,9,11H,1-5,8H2/t11-/m1/s1. The predicted molar refractivity (Wildman–Crippen MR) is 50.2 cm³/mol. The maximum atomic E-state index is 11.1. The predicted octanol–water partition coefficient (Wildman–Crippen LogP) is 2.44. The molecule has 1 aliphatic heterocycles. The van der Waals surface area contributed by atoms with Gasteiger partial charge in [-0.05, 0) is 18.8 Å². The lowest BCUT2D eigenvalue weighted by Crippen LogP contribution is -2.29. The fourth-order valence-corrected chi connectivity index (χ4v) is 2.31. The van der Waals surface area contributed by atoms with E-state index in [1.165, 1.54) is 32.1 Å². The molecular formula is C11H16O2. The number of carbonyl (C=O) groups excluding carboxylic acids is 1. The first-order valence-electron chi connectivity index (χ1n) is 5.21.